The largest absolute Gasteiger partial charge is 0.385 e. The number of benzene rings is 1. The second kappa shape index (κ2) is 8.06. The Morgan fingerprint density at radius 2 is 2.14 bits per heavy atom. The van der Waals surface area contributed by atoms with Gasteiger partial charge in [0.15, 0.2) is 0 Å². The van der Waals surface area contributed by atoms with Crippen LogP contribution in [0.25, 0.3) is 0 Å². The number of anilines is 1. The molecule has 0 aliphatic carbocycles. The maximum Gasteiger partial charge on any atom is 0.227 e. The molecule has 0 bridgehead atoms. The molecule has 3 heteroatoms. The average molecular weight is 288 g/mol. The lowest BCUT2D eigenvalue weighted by Crippen LogP contribution is -2.38. The summed E-state index contributed by atoms with van der Waals surface area (Å²) in [6, 6.07) is 8.43. The highest BCUT2D eigenvalue weighted by molar-refractivity contribution is 5.86. The van der Waals surface area contributed by atoms with Crippen molar-refractivity contribution in [1.29, 1.82) is 0 Å². The van der Waals surface area contributed by atoms with Gasteiger partial charge in [-0.2, -0.15) is 0 Å². The van der Waals surface area contributed by atoms with Gasteiger partial charge in [0, 0.05) is 18.3 Å². The number of carbonyl (C=O) groups excluding carboxylic acids is 1. The molecule has 0 aromatic heterocycles. The third-order valence-electron chi connectivity index (χ3n) is 4.28. The van der Waals surface area contributed by atoms with E-state index in [1.807, 2.05) is 12.1 Å². The molecule has 2 atom stereocenters. The summed E-state index contributed by atoms with van der Waals surface area (Å²) in [5, 5.41) is 6.57. The fraction of sp³-hybridized carbons (Fsp3) is 0.611. The van der Waals surface area contributed by atoms with Crippen LogP contribution >= 0.6 is 0 Å². The molecule has 1 aliphatic heterocycles. The normalized spacial score (nSPS) is 18.5. The van der Waals surface area contributed by atoms with Crippen LogP contribution in [0.2, 0.25) is 0 Å². The first-order chi connectivity index (χ1) is 10.2. The first-order valence-corrected chi connectivity index (χ1v) is 8.35. The van der Waals surface area contributed by atoms with E-state index in [1.54, 1.807) is 0 Å². The van der Waals surface area contributed by atoms with Crippen LogP contribution in [-0.4, -0.2) is 18.5 Å². The summed E-state index contributed by atoms with van der Waals surface area (Å²) in [7, 11) is 0. The first-order valence-electron chi connectivity index (χ1n) is 8.35. The molecule has 2 N–H and O–H groups in total. The Kier molecular flexibility index (Phi) is 6.09. The lowest BCUT2D eigenvalue weighted by atomic mass is 9.90. The highest BCUT2D eigenvalue weighted by Gasteiger charge is 2.26. The minimum Gasteiger partial charge on any atom is -0.385 e. The SMILES string of the molecule is CCCCCCC(C)NC(=O)C1CCNc2ccccc21. The maximum atomic E-state index is 12.5. The Labute approximate surface area is 128 Å². The molecule has 0 spiro atoms. The Bertz CT molecular complexity index is 458. The lowest BCUT2D eigenvalue weighted by Gasteiger charge is -2.27. The van der Waals surface area contributed by atoms with E-state index in [-0.39, 0.29) is 17.9 Å². The van der Waals surface area contributed by atoms with Crippen LogP contribution in [0.3, 0.4) is 0 Å². The molecule has 1 amide bonds. The zero-order valence-electron chi connectivity index (χ0n) is 13.3. The molecular formula is C18H28N2O. The standard InChI is InChI=1S/C18H28N2O/c1-3-4-5-6-9-14(2)20-18(21)16-12-13-19-17-11-8-7-10-15(16)17/h7-8,10-11,14,16,19H,3-6,9,12-13H2,1-2H3,(H,20,21). The van der Waals surface area contributed by atoms with Gasteiger partial charge in [-0.3, -0.25) is 4.79 Å². The summed E-state index contributed by atoms with van der Waals surface area (Å²) in [5.41, 5.74) is 2.25. The van der Waals surface area contributed by atoms with Crippen molar-refractivity contribution in [3.63, 3.8) is 0 Å². The van der Waals surface area contributed by atoms with Crippen molar-refractivity contribution in [2.24, 2.45) is 0 Å². The Balaban J connectivity index is 1.86. The minimum absolute atomic E-state index is 0.000502. The number of rotatable bonds is 7. The van der Waals surface area contributed by atoms with Gasteiger partial charge in [0.25, 0.3) is 0 Å². The van der Waals surface area contributed by atoms with Crippen molar-refractivity contribution in [3.8, 4) is 0 Å². The number of fused-ring (bicyclic) bond motifs is 1. The van der Waals surface area contributed by atoms with Gasteiger partial charge in [0.2, 0.25) is 5.91 Å². The van der Waals surface area contributed by atoms with Crippen molar-refractivity contribution in [3.05, 3.63) is 29.8 Å². The predicted molar refractivity (Wildman–Crippen MR) is 88.7 cm³/mol. The number of hydrogen-bond donors (Lipinski definition) is 2. The summed E-state index contributed by atoms with van der Waals surface area (Å²) >= 11 is 0. The van der Waals surface area contributed by atoms with E-state index in [4.69, 9.17) is 0 Å². The quantitative estimate of drug-likeness (QED) is 0.743. The number of nitrogens with one attached hydrogen (secondary N) is 2. The molecule has 2 rings (SSSR count). The third kappa shape index (κ3) is 4.48. The fourth-order valence-corrected chi connectivity index (χ4v) is 3.03. The van der Waals surface area contributed by atoms with Crippen LogP contribution in [-0.2, 0) is 4.79 Å². The van der Waals surface area contributed by atoms with E-state index in [0.717, 1.165) is 30.6 Å². The molecular weight excluding hydrogens is 260 g/mol. The predicted octanol–water partition coefficient (Wildman–Crippen LogP) is 4.06. The zero-order chi connectivity index (χ0) is 15.1. The van der Waals surface area contributed by atoms with E-state index in [0.29, 0.717) is 0 Å². The van der Waals surface area contributed by atoms with Gasteiger partial charge in [-0.25, -0.2) is 0 Å². The molecule has 1 aliphatic rings. The van der Waals surface area contributed by atoms with Gasteiger partial charge in [-0.1, -0.05) is 50.8 Å². The number of amides is 1. The van der Waals surface area contributed by atoms with Gasteiger partial charge in [-0.15, -0.1) is 0 Å². The van der Waals surface area contributed by atoms with E-state index < -0.39 is 0 Å². The summed E-state index contributed by atoms with van der Waals surface area (Å²) in [5.74, 6) is 0.187. The number of hydrogen-bond acceptors (Lipinski definition) is 2. The van der Waals surface area contributed by atoms with Gasteiger partial charge < -0.3 is 10.6 Å². The molecule has 0 saturated carbocycles. The highest BCUT2D eigenvalue weighted by atomic mass is 16.1. The molecule has 1 aromatic rings. The summed E-state index contributed by atoms with van der Waals surface area (Å²) < 4.78 is 0. The van der Waals surface area contributed by atoms with Crippen molar-refractivity contribution in [2.75, 3.05) is 11.9 Å². The molecule has 116 valence electrons. The van der Waals surface area contributed by atoms with Crippen LogP contribution in [0, 0.1) is 0 Å². The van der Waals surface area contributed by atoms with Crippen LogP contribution < -0.4 is 10.6 Å². The van der Waals surface area contributed by atoms with Gasteiger partial charge in [-0.05, 0) is 31.4 Å². The van der Waals surface area contributed by atoms with Gasteiger partial charge in [0.1, 0.15) is 0 Å². The molecule has 1 aromatic carbocycles. The number of unbranched alkanes of at least 4 members (excludes halogenated alkanes) is 3. The van der Waals surface area contributed by atoms with Crippen LogP contribution in [0.1, 0.15) is 63.9 Å². The molecule has 3 nitrogen and oxygen atoms in total. The Morgan fingerprint density at radius 3 is 2.95 bits per heavy atom. The average Bonchev–Trinajstić information content (AvgIpc) is 2.51. The van der Waals surface area contributed by atoms with Crippen molar-refractivity contribution in [2.45, 2.75) is 64.3 Å². The minimum atomic E-state index is 0.000502. The Morgan fingerprint density at radius 1 is 1.33 bits per heavy atom. The van der Waals surface area contributed by atoms with Crippen LogP contribution in [0.4, 0.5) is 5.69 Å². The molecule has 2 unspecified atom stereocenters. The molecule has 1 heterocycles. The van der Waals surface area contributed by atoms with Gasteiger partial charge >= 0.3 is 0 Å². The van der Waals surface area contributed by atoms with Crippen molar-refractivity contribution >= 4 is 11.6 Å². The summed E-state index contributed by atoms with van der Waals surface area (Å²) in [6.07, 6.45) is 6.99. The molecule has 21 heavy (non-hydrogen) atoms. The maximum absolute atomic E-state index is 12.5. The topological polar surface area (TPSA) is 41.1 Å². The smallest absolute Gasteiger partial charge is 0.227 e. The second-order valence-corrected chi connectivity index (χ2v) is 6.11. The lowest BCUT2D eigenvalue weighted by molar-refractivity contribution is -0.123. The fourth-order valence-electron chi connectivity index (χ4n) is 3.03. The van der Waals surface area contributed by atoms with E-state index in [9.17, 15) is 4.79 Å². The number of carbonyl (C=O) groups is 1. The summed E-state index contributed by atoms with van der Waals surface area (Å²) in [6.45, 7) is 5.22. The van der Waals surface area contributed by atoms with E-state index in [2.05, 4.69) is 36.6 Å². The van der Waals surface area contributed by atoms with Crippen LogP contribution in [0.5, 0.6) is 0 Å². The molecule has 0 saturated heterocycles. The summed E-state index contributed by atoms with van der Waals surface area (Å²) in [4.78, 5) is 12.5. The van der Waals surface area contributed by atoms with E-state index >= 15 is 0 Å². The van der Waals surface area contributed by atoms with Crippen LogP contribution in [0.15, 0.2) is 24.3 Å². The second-order valence-electron chi connectivity index (χ2n) is 6.11. The van der Waals surface area contributed by atoms with Gasteiger partial charge in [0.05, 0.1) is 5.92 Å². The number of para-hydroxylation sites is 1. The van der Waals surface area contributed by atoms with E-state index in [1.165, 1.54) is 25.7 Å². The monoisotopic (exact) mass is 288 g/mol. The first kappa shape index (κ1) is 15.9. The highest BCUT2D eigenvalue weighted by Crippen LogP contribution is 2.31. The molecule has 0 radical (unpaired) electrons. The Hall–Kier alpha value is -1.51. The van der Waals surface area contributed by atoms with Crippen molar-refractivity contribution in [1.82, 2.24) is 5.32 Å². The third-order valence-corrected chi connectivity index (χ3v) is 4.28. The zero-order valence-corrected chi connectivity index (χ0v) is 13.3. The molecule has 0 fully saturated rings. The van der Waals surface area contributed by atoms with Crippen molar-refractivity contribution < 1.29 is 4.79 Å².